The van der Waals surface area contributed by atoms with Gasteiger partial charge in [0.2, 0.25) is 11.7 Å². The van der Waals surface area contributed by atoms with Gasteiger partial charge in [0.25, 0.3) is 0 Å². The van der Waals surface area contributed by atoms with Crippen LogP contribution in [0.3, 0.4) is 0 Å². The predicted octanol–water partition coefficient (Wildman–Crippen LogP) is 1.44. The van der Waals surface area contributed by atoms with Crippen molar-refractivity contribution in [2.75, 3.05) is 6.54 Å². The molecule has 0 aliphatic heterocycles. The van der Waals surface area contributed by atoms with E-state index in [0.717, 1.165) is 6.54 Å². The lowest BCUT2D eigenvalue weighted by Gasteiger charge is -1.91. The van der Waals surface area contributed by atoms with Crippen LogP contribution in [0.4, 0.5) is 0 Å². The first kappa shape index (κ1) is 8.96. The Hall–Kier alpha value is -1.62. The van der Waals surface area contributed by atoms with E-state index in [4.69, 9.17) is 8.94 Å². The Kier molecular flexibility index (Phi) is 2.60. The molecular formula is C9H11N3O2. The molecule has 0 aliphatic carbocycles. The van der Waals surface area contributed by atoms with Crippen molar-refractivity contribution in [3.05, 3.63) is 24.3 Å². The maximum absolute atomic E-state index is 5.13. The van der Waals surface area contributed by atoms with Gasteiger partial charge in [-0.1, -0.05) is 12.1 Å². The molecule has 74 valence electrons. The number of nitrogens with one attached hydrogen (secondary N) is 1. The van der Waals surface area contributed by atoms with Crippen LogP contribution in [-0.4, -0.2) is 16.7 Å². The zero-order valence-corrected chi connectivity index (χ0v) is 7.86. The molecule has 0 amide bonds. The van der Waals surface area contributed by atoms with E-state index < -0.39 is 0 Å². The highest BCUT2D eigenvalue weighted by atomic mass is 16.5. The van der Waals surface area contributed by atoms with Crippen molar-refractivity contribution in [3.8, 4) is 11.6 Å². The SMILES string of the molecule is CCNCc1nc(-c2ccco2)no1. The molecule has 0 spiro atoms. The Morgan fingerprint density at radius 3 is 3.14 bits per heavy atom. The standard InChI is InChI=1S/C9H11N3O2/c1-2-10-6-8-11-9(12-14-8)7-4-3-5-13-7/h3-5,10H,2,6H2,1H3. The fraction of sp³-hybridized carbons (Fsp3) is 0.333. The molecule has 0 unspecified atom stereocenters. The predicted molar refractivity (Wildman–Crippen MR) is 49.4 cm³/mol. The third-order valence-electron chi connectivity index (χ3n) is 1.74. The first-order chi connectivity index (χ1) is 6.90. The summed E-state index contributed by atoms with van der Waals surface area (Å²) in [6, 6.07) is 3.58. The van der Waals surface area contributed by atoms with E-state index in [-0.39, 0.29) is 0 Å². The Labute approximate surface area is 81.1 Å². The Morgan fingerprint density at radius 2 is 2.43 bits per heavy atom. The topological polar surface area (TPSA) is 64.1 Å². The van der Waals surface area contributed by atoms with Gasteiger partial charge in [0.05, 0.1) is 12.8 Å². The number of furan rings is 1. The second kappa shape index (κ2) is 4.06. The van der Waals surface area contributed by atoms with Gasteiger partial charge >= 0.3 is 0 Å². The van der Waals surface area contributed by atoms with Gasteiger partial charge in [0.15, 0.2) is 5.76 Å². The van der Waals surface area contributed by atoms with E-state index in [1.54, 1.807) is 18.4 Å². The van der Waals surface area contributed by atoms with Gasteiger partial charge in [0.1, 0.15) is 0 Å². The van der Waals surface area contributed by atoms with Crippen molar-refractivity contribution in [2.45, 2.75) is 13.5 Å². The molecule has 0 radical (unpaired) electrons. The Morgan fingerprint density at radius 1 is 1.50 bits per heavy atom. The fourth-order valence-corrected chi connectivity index (χ4v) is 1.06. The number of aromatic nitrogens is 2. The monoisotopic (exact) mass is 193 g/mol. The molecule has 0 atom stereocenters. The molecule has 2 aromatic rings. The van der Waals surface area contributed by atoms with Crippen molar-refractivity contribution in [1.82, 2.24) is 15.5 Å². The summed E-state index contributed by atoms with van der Waals surface area (Å²) in [6.07, 6.45) is 1.58. The molecule has 14 heavy (non-hydrogen) atoms. The largest absolute Gasteiger partial charge is 0.461 e. The van der Waals surface area contributed by atoms with Crippen LogP contribution in [0.1, 0.15) is 12.8 Å². The average molecular weight is 193 g/mol. The Bertz CT molecular complexity index is 380. The summed E-state index contributed by atoms with van der Waals surface area (Å²) in [6.45, 7) is 3.48. The highest BCUT2D eigenvalue weighted by molar-refractivity contribution is 5.44. The molecule has 1 N–H and O–H groups in total. The molecule has 2 aromatic heterocycles. The van der Waals surface area contributed by atoms with Gasteiger partial charge < -0.3 is 14.3 Å². The van der Waals surface area contributed by atoms with E-state index in [1.807, 2.05) is 6.92 Å². The van der Waals surface area contributed by atoms with Crippen LogP contribution < -0.4 is 5.32 Å². The van der Waals surface area contributed by atoms with E-state index in [9.17, 15) is 0 Å². The minimum Gasteiger partial charge on any atom is -0.461 e. The van der Waals surface area contributed by atoms with Crippen molar-refractivity contribution >= 4 is 0 Å². The molecule has 0 saturated carbocycles. The smallest absolute Gasteiger partial charge is 0.241 e. The van der Waals surface area contributed by atoms with Crippen molar-refractivity contribution < 1.29 is 8.94 Å². The highest BCUT2D eigenvalue weighted by Gasteiger charge is 2.09. The van der Waals surface area contributed by atoms with Crippen LogP contribution in [0.5, 0.6) is 0 Å². The van der Waals surface area contributed by atoms with E-state index in [1.165, 1.54) is 0 Å². The third kappa shape index (κ3) is 1.82. The molecule has 0 bridgehead atoms. The van der Waals surface area contributed by atoms with Gasteiger partial charge in [0, 0.05) is 0 Å². The summed E-state index contributed by atoms with van der Waals surface area (Å²) in [4.78, 5) is 4.16. The summed E-state index contributed by atoms with van der Waals surface area (Å²) < 4.78 is 10.1. The van der Waals surface area contributed by atoms with Crippen LogP contribution in [0, 0.1) is 0 Å². The van der Waals surface area contributed by atoms with Crippen LogP contribution >= 0.6 is 0 Å². The van der Waals surface area contributed by atoms with E-state index in [2.05, 4.69) is 15.5 Å². The quantitative estimate of drug-likeness (QED) is 0.795. The van der Waals surface area contributed by atoms with Crippen molar-refractivity contribution in [2.24, 2.45) is 0 Å². The number of hydrogen-bond acceptors (Lipinski definition) is 5. The zero-order valence-electron chi connectivity index (χ0n) is 7.86. The van der Waals surface area contributed by atoms with E-state index in [0.29, 0.717) is 24.0 Å². The summed E-state index contributed by atoms with van der Waals surface area (Å²) in [5.74, 6) is 1.68. The summed E-state index contributed by atoms with van der Waals surface area (Å²) >= 11 is 0. The first-order valence-corrected chi connectivity index (χ1v) is 4.47. The highest BCUT2D eigenvalue weighted by Crippen LogP contribution is 2.15. The van der Waals surface area contributed by atoms with Gasteiger partial charge in [-0.25, -0.2) is 0 Å². The summed E-state index contributed by atoms with van der Waals surface area (Å²) in [5.41, 5.74) is 0. The number of rotatable bonds is 4. The third-order valence-corrected chi connectivity index (χ3v) is 1.74. The second-order valence-corrected chi connectivity index (χ2v) is 2.77. The van der Waals surface area contributed by atoms with Crippen molar-refractivity contribution in [3.63, 3.8) is 0 Å². The molecule has 2 heterocycles. The lowest BCUT2D eigenvalue weighted by Crippen LogP contribution is -2.11. The van der Waals surface area contributed by atoms with Gasteiger partial charge in [-0.15, -0.1) is 0 Å². The summed E-state index contributed by atoms with van der Waals surface area (Å²) in [7, 11) is 0. The molecule has 5 nitrogen and oxygen atoms in total. The second-order valence-electron chi connectivity index (χ2n) is 2.77. The van der Waals surface area contributed by atoms with Gasteiger partial charge in [-0.2, -0.15) is 4.98 Å². The average Bonchev–Trinajstić information content (AvgIpc) is 2.85. The number of hydrogen-bond donors (Lipinski definition) is 1. The molecule has 0 aliphatic rings. The molecular weight excluding hydrogens is 182 g/mol. The Balaban J connectivity index is 2.10. The molecule has 0 aromatic carbocycles. The van der Waals surface area contributed by atoms with Crippen LogP contribution in [0.25, 0.3) is 11.6 Å². The lowest BCUT2D eigenvalue weighted by molar-refractivity contribution is 0.368. The summed E-state index contributed by atoms with van der Waals surface area (Å²) in [5, 5.41) is 6.89. The normalized spacial score (nSPS) is 10.6. The maximum atomic E-state index is 5.13. The zero-order chi connectivity index (χ0) is 9.80. The minimum atomic E-state index is 0.489. The minimum absolute atomic E-state index is 0.489. The molecule has 0 saturated heterocycles. The van der Waals surface area contributed by atoms with Gasteiger partial charge in [-0.05, 0) is 18.7 Å². The first-order valence-electron chi connectivity index (χ1n) is 4.47. The van der Waals surface area contributed by atoms with Gasteiger partial charge in [-0.3, -0.25) is 0 Å². The number of nitrogens with zero attached hydrogens (tertiary/aromatic N) is 2. The van der Waals surface area contributed by atoms with Crippen LogP contribution in [0.15, 0.2) is 27.3 Å². The van der Waals surface area contributed by atoms with Crippen molar-refractivity contribution in [1.29, 1.82) is 0 Å². The van der Waals surface area contributed by atoms with Crippen LogP contribution in [-0.2, 0) is 6.54 Å². The van der Waals surface area contributed by atoms with E-state index >= 15 is 0 Å². The van der Waals surface area contributed by atoms with Crippen LogP contribution in [0.2, 0.25) is 0 Å². The fourth-order valence-electron chi connectivity index (χ4n) is 1.06. The maximum Gasteiger partial charge on any atom is 0.241 e. The molecule has 0 fully saturated rings. The molecule has 2 rings (SSSR count). The lowest BCUT2D eigenvalue weighted by atomic mass is 10.4. The molecule has 5 heteroatoms.